The highest BCUT2D eigenvalue weighted by atomic mass is 35.5. The van der Waals surface area contributed by atoms with Crippen molar-refractivity contribution in [1.82, 2.24) is 9.97 Å². The van der Waals surface area contributed by atoms with Crippen molar-refractivity contribution >= 4 is 11.6 Å². The van der Waals surface area contributed by atoms with Crippen LogP contribution in [0.2, 0.25) is 5.15 Å². The molecule has 1 heterocycles. The maximum absolute atomic E-state index is 13.9. The van der Waals surface area contributed by atoms with Gasteiger partial charge in [-0.05, 0) is 25.8 Å². The molecule has 0 radical (unpaired) electrons. The SMILES string of the molecule is Cc1c(Cl)nc(C2CC2)nc1-c1cc(F)c(F)cc1F. The van der Waals surface area contributed by atoms with E-state index in [9.17, 15) is 13.2 Å². The zero-order valence-electron chi connectivity index (χ0n) is 10.6. The van der Waals surface area contributed by atoms with Gasteiger partial charge in [0.2, 0.25) is 0 Å². The second-order valence-electron chi connectivity index (χ2n) is 4.87. The van der Waals surface area contributed by atoms with Crippen molar-refractivity contribution < 1.29 is 13.2 Å². The molecule has 0 unspecified atom stereocenters. The third kappa shape index (κ3) is 2.26. The third-order valence-corrected chi connectivity index (χ3v) is 3.68. The molecule has 1 saturated carbocycles. The summed E-state index contributed by atoms with van der Waals surface area (Å²) >= 11 is 6.02. The minimum Gasteiger partial charge on any atom is -0.232 e. The highest BCUT2D eigenvalue weighted by Crippen LogP contribution is 2.40. The smallest absolute Gasteiger partial charge is 0.161 e. The molecule has 1 fully saturated rings. The van der Waals surface area contributed by atoms with Crippen LogP contribution in [0.25, 0.3) is 11.3 Å². The molecule has 3 rings (SSSR count). The lowest BCUT2D eigenvalue weighted by atomic mass is 10.1. The van der Waals surface area contributed by atoms with E-state index in [1.54, 1.807) is 6.92 Å². The number of hydrogen-bond acceptors (Lipinski definition) is 2. The van der Waals surface area contributed by atoms with Crippen LogP contribution in [0.1, 0.15) is 30.1 Å². The molecule has 2 nitrogen and oxygen atoms in total. The van der Waals surface area contributed by atoms with Crippen LogP contribution in [0.4, 0.5) is 13.2 Å². The van der Waals surface area contributed by atoms with Crippen LogP contribution in [0, 0.1) is 24.4 Å². The minimum atomic E-state index is -1.23. The summed E-state index contributed by atoms with van der Waals surface area (Å²) in [6.07, 6.45) is 1.91. The molecule has 0 spiro atoms. The van der Waals surface area contributed by atoms with E-state index in [1.165, 1.54) is 0 Å². The number of hydrogen-bond donors (Lipinski definition) is 0. The van der Waals surface area contributed by atoms with Gasteiger partial charge in [0.15, 0.2) is 11.6 Å². The molecule has 1 aromatic carbocycles. The van der Waals surface area contributed by atoms with Crippen molar-refractivity contribution in [3.8, 4) is 11.3 Å². The molecule has 1 aromatic heterocycles. The number of rotatable bonds is 2. The van der Waals surface area contributed by atoms with Crippen LogP contribution in [-0.2, 0) is 0 Å². The van der Waals surface area contributed by atoms with Gasteiger partial charge in [-0.15, -0.1) is 0 Å². The largest absolute Gasteiger partial charge is 0.232 e. The number of halogens is 4. The highest BCUT2D eigenvalue weighted by Gasteiger charge is 2.28. The van der Waals surface area contributed by atoms with Gasteiger partial charge in [0.25, 0.3) is 0 Å². The van der Waals surface area contributed by atoms with E-state index in [2.05, 4.69) is 9.97 Å². The van der Waals surface area contributed by atoms with Crippen molar-refractivity contribution in [2.45, 2.75) is 25.7 Å². The average molecular weight is 299 g/mol. The molecule has 0 atom stereocenters. The van der Waals surface area contributed by atoms with Gasteiger partial charge in [0, 0.05) is 23.1 Å². The van der Waals surface area contributed by atoms with Crippen LogP contribution in [-0.4, -0.2) is 9.97 Å². The Morgan fingerprint density at radius 3 is 2.35 bits per heavy atom. The van der Waals surface area contributed by atoms with E-state index in [0.717, 1.165) is 18.9 Å². The Morgan fingerprint density at radius 2 is 1.70 bits per heavy atom. The van der Waals surface area contributed by atoms with E-state index >= 15 is 0 Å². The lowest BCUT2D eigenvalue weighted by Gasteiger charge is -2.10. The van der Waals surface area contributed by atoms with E-state index in [-0.39, 0.29) is 22.3 Å². The quantitative estimate of drug-likeness (QED) is 0.606. The van der Waals surface area contributed by atoms with Gasteiger partial charge in [-0.25, -0.2) is 23.1 Å². The molecule has 0 saturated heterocycles. The van der Waals surface area contributed by atoms with Crippen molar-refractivity contribution in [1.29, 1.82) is 0 Å². The molecule has 0 bridgehead atoms. The van der Waals surface area contributed by atoms with Crippen molar-refractivity contribution in [2.75, 3.05) is 0 Å². The second kappa shape index (κ2) is 4.74. The summed E-state index contributed by atoms with van der Waals surface area (Å²) in [5.41, 5.74) is 0.553. The molecular formula is C14H10ClF3N2. The van der Waals surface area contributed by atoms with Gasteiger partial charge >= 0.3 is 0 Å². The molecule has 2 aromatic rings. The fourth-order valence-corrected chi connectivity index (χ4v) is 2.17. The number of aromatic nitrogens is 2. The Bertz CT molecular complexity index is 699. The average Bonchev–Trinajstić information content (AvgIpc) is 3.21. The first-order valence-corrected chi connectivity index (χ1v) is 6.54. The van der Waals surface area contributed by atoms with Gasteiger partial charge in [0.1, 0.15) is 16.8 Å². The summed E-state index contributed by atoms with van der Waals surface area (Å²) in [5, 5.41) is 0.209. The fraction of sp³-hybridized carbons (Fsp3) is 0.286. The van der Waals surface area contributed by atoms with E-state index < -0.39 is 17.5 Å². The lowest BCUT2D eigenvalue weighted by Crippen LogP contribution is -2.02. The number of benzene rings is 1. The monoisotopic (exact) mass is 298 g/mol. The van der Waals surface area contributed by atoms with Gasteiger partial charge in [-0.1, -0.05) is 11.6 Å². The molecule has 20 heavy (non-hydrogen) atoms. The molecule has 0 amide bonds. The van der Waals surface area contributed by atoms with E-state index in [0.29, 0.717) is 17.5 Å². The van der Waals surface area contributed by atoms with Gasteiger partial charge in [-0.2, -0.15) is 0 Å². The van der Waals surface area contributed by atoms with E-state index in [1.807, 2.05) is 0 Å². The summed E-state index contributed by atoms with van der Waals surface area (Å²) < 4.78 is 40.2. The molecule has 104 valence electrons. The topological polar surface area (TPSA) is 25.8 Å². The first-order valence-electron chi connectivity index (χ1n) is 6.16. The molecule has 6 heteroatoms. The predicted octanol–water partition coefficient (Wildman–Crippen LogP) is 4.40. The summed E-state index contributed by atoms with van der Waals surface area (Å²) in [5.74, 6) is -2.47. The zero-order valence-corrected chi connectivity index (χ0v) is 11.3. The van der Waals surface area contributed by atoms with Crippen LogP contribution in [0.15, 0.2) is 12.1 Å². The highest BCUT2D eigenvalue weighted by molar-refractivity contribution is 6.30. The predicted molar refractivity (Wildman–Crippen MR) is 69.1 cm³/mol. The van der Waals surface area contributed by atoms with Crippen LogP contribution in [0.3, 0.4) is 0 Å². The molecule has 0 N–H and O–H groups in total. The molecule has 1 aliphatic rings. The fourth-order valence-electron chi connectivity index (χ4n) is 2.00. The first kappa shape index (κ1) is 13.4. The first-order chi connectivity index (χ1) is 9.47. The maximum atomic E-state index is 13.9. The van der Waals surface area contributed by atoms with Crippen molar-refractivity contribution in [3.05, 3.63) is 46.1 Å². The Hall–Kier alpha value is -1.62. The van der Waals surface area contributed by atoms with Crippen LogP contribution < -0.4 is 0 Å². The Kier molecular flexibility index (Phi) is 3.17. The summed E-state index contributed by atoms with van der Waals surface area (Å²) in [6, 6.07) is 1.31. The summed E-state index contributed by atoms with van der Waals surface area (Å²) in [7, 11) is 0. The molecule has 1 aliphatic carbocycles. The van der Waals surface area contributed by atoms with Crippen molar-refractivity contribution in [2.24, 2.45) is 0 Å². The standard InChI is InChI=1S/C14H10ClF3N2/c1-6-12(8-4-10(17)11(18)5-9(8)16)19-14(7-2-3-7)20-13(6)15/h4-5,7H,2-3H2,1H3. The molecule has 0 aliphatic heterocycles. The second-order valence-corrected chi connectivity index (χ2v) is 5.22. The summed E-state index contributed by atoms with van der Waals surface area (Å²) in [4.78, 5) is 8.43. The minimum absolute atomic E-state index is 0.104. The summed E-state index contributed by atoms with van der Waals surface area (Å²) in [6.45, 7) is 1.62. The van der Waals surface area contributed by atoms with Crippen molar-refractivity contribution in [3.63, 3.8) is 0 Å². The van der Waals surface area contributed by atoms with Gasteiger partial charge in [0.05, 0.1) is 5.69 Å². The Morgan fingerprint density at radius 1 is 1.05 bits per heavy atom. The van der Waals surface area contributed by atoms with Crippen LogP contribution >= 0.6 is 11.6 Å². The van der Waals surface area contributed by atoms with Gasteiger partial charge in [-0.3, -0.25) is 0 Å². The van der Waals surface area contributed by atoms with Crippen LogP contribution in [0.5, 0.6) is 0 Å². The maximum Gasteiger partial charge on any atom is 0.161 e. The van der Waals surface area contributed by atoms with Gasteiger partial charge < -0.3 is 0 Å². The van der Waals surface area contributed by atoms with E-state index in [4.69, 9.17) is 11.6 Å². The third-order valence-electron chi connectivity index (χ3n) is 3.31. The number of nitrogens with zero attached hydrogens (tertiary/aromatic N) is 2. The Labute approximate surface area is 118 Å². The lowest BCUT2D eigenvalue weighted by molar-refractivity contribution is 0.496. The normalized spacial score (nSPS) is 14.7. The zero-order chi connectivity index (χ0) is 14.4. The molecular weight excluding hydrogens is 289 g/mol. The Balaban J connectivity index is 2.20.